The Morgan fingerprint density at radius 2 is 2.00 bits per heavy atom. The van der Waals surface area contributed by atoms with E-state index in [4.69, 9.17) is 10.3 Å². The van der Waals surface area contributed by atoms with Gasteiger partial charge in [-0.1, -0.05) is 24.6 Å². The normalized spacial score (nSPS) is 22.9. The first kappa shape index (κ1) is 13.1. The molecule has 5 heteroatoms. The Kier molecular flexibility index (Phi) is 3.67. The fourth-order valence-electron chi connectivity index (χ4n) is 2.90. The van der Waals surface area contributed by atoms with E-state index in [0.29, 0.717) is 23.3 Å². The van der Waals surface area contributed by atoms with Crippen LogP contribution in [0.25, 0.3) is 11.6 Å². The Bertz CT molecular complexity index is 573. The summed E-state index contributed by atoms with van der Waals surface area (Å²) < 4.78 is 5.33. The lowest BCUT2D eigenvalue weighted by atomic mass is 9.80. The van der Waals surface area contributed by atoms with Crippen molar-refractivity contribution < 1.29 is 4.52 Å². The molecule has 0 amide bonds. The highest BCUT2D eigenvalue weighted by Crippen LogP contribution is 2.36. The van der Waals surface area contributed by atoms with E-state index in [0.717, 1.165) is 24.6 Å². The van der Waals surface area contributed by atoms with Crippen molar-refractivity contribution in [1.29, 1.82) is 0 Å². The molecule has 0 radical (unpaired) electrons. The molecule has 2 aromatic rings. The molecule has 106 valence electrons. The Morgan fingerprint density at radius 1 is 1.20 bits per heavy atom. The van der Waals surface area contributed by atoms with Crippen LogP contribution in [0.3, 0.4) is 0 Å². The maximum absolute atomic E-state index is 5.68. The molecule has 0 spiro atoms. The van der Waals surface area contributed by atoms with Gasteiger partial charge in [0.2, 0.25) is 0 Å². The number of rotatable bonds is 3. The standard InChI is InChI=1S/C15H20N4O/c1-2-10-6-8-11(9-7-10)14-18-15(20-19-14)12-4-3-5-13(16)17-12/h3-5,10-11H,2,6-9H2,1H3,(H2,16,17). The molecule has 1 aliphatic carbocycles. The molecule has 20 heavy (non-hydrogen) atoms. The van der Waals surface area contributed by atoms with E-state index in [-0.39, 0.29) is 0 Å². The number of nitrogen functional groups attached to an aromatic ring is 1. The molecule has 2 N–H and O–H groups in total. The van der Waals surface area contributed by atoms with Crippen LogP contribution >= 0.6 is 0 Å². The number of anilines is 1. The Labute approximate surface area is 118 Å². The molecule has 0 aliphatic heterocycles. The van der Waals surface area contributed by atoms with Crippen molar-refractivity contribution in [3.8, 4) is 11.6 Å². The van der Waals surface area contributed by atoms with Crippen molar-refractivity contribution >= 4 is 5.82 Å². The van der Waals surface area contributed by atoms with Gasteiger partial charge in [-0.2, -0.15) is 4.98 Å². The van der Waals surface area contributed by atoms with E-state index >= 15 is 0 Å². The SMILES string of the molecule is CCC1CCC(c2noc(-c3cccc(N)n3)n2)CC1. The van der Waals surface area contributed by atoms with Crippen molar-refractivity contribution in [3.63, 3.8) is 0 Å². The molecule has 5 nitrogen and oxygen atoms in total. The van der Waals surface area contributed by atoms with Crippen molar-refractivity contribution in [2.75, 3.05) is 5.73 Å². The van der Waals surface area contributed by atoms with Gasteiger partial charge in [0.05, 0.1) is 0 Å². The minimum atomic E-state index is 0.427. The van der Waals surface area contributed by atoms with Crippen LogP contribution in [0.4, 0.5) is 5.82 Å². The first-order chi connectivity index (χ1) is 9.76. The molecular weight excluding hydrogens is 252 g/mol. The molecule has 1 fully saturated rings. The van der Waals surface area contributed by atoms with Gasteiger partial charge in [0.15, 0.2) is 5.82 Å². The maximum Gasteiger partial charge on any atom is 0.276 e. The number of hydrogen-bond donors (Lipinski definition) is 1. The lowest BCUT2D eigenvalue weighted by Crippen LogP contribution is -2.13. The molecule has 0 atom stereocenters. The lowest BCUT2D eigenvalue weighted by molar-refractivity contribution is 0.305. The van der Waals surface area contributed by atoms with Crippen LogP contribution in [0.1, 0.15) is 50.8 Å². The molecule has 1 saturated carbocycles. The van der Waals surface area contributed by atoms with Crippen LogP contribution in [0.2, 0.25) is 0 Å². The zero-order chi connectivity index (χ0) is 13.9. The predicted octanol–water partition coefficient (Wildman–Crippen LogP) is 3.40. The molecular formula is C15H20N4O. The van der Waals surface area contributed by atoms with E-state index < -0.39 is 0 Å². The second kappa shape index (κ2) is 5.61. The summed E-state index contributed by atoms with van der Waals surface area (Å²) in [4.78, 5) is 8.71. The monoisotopic (exact) mass is 272 g/mol. The lowest BCUT2D eigenvalue weighted by Gasteiger charge is -2.25. The molecule has 0 unspecified atom stereocenters. The van der Waals surface area contributed by atoms with Crippen molar-refractivity contribution in [2.24, 2.45) is 5.92 Å². The Balaban J connectivity index is 1.74. The highest BCUT2D eigenvalue weighted by Gasteiger charge is 2.25. The van der Waals surface area contributed by atoms with Crippen molar-refractivity contribution in [2.45, 2.75) is 44.9 Å². The topological polar surface area (TPSA) is 77.8 Å². The molecule has 0 saturated heterocycles. The summed E-state index contributed by atoms with van der Waals surface area (Å²) in [5.41, 5.74) is 6.32. The molecule has 1 aliphatic rings. The van der Waals surface area contributed by atoms with E-state index in [1.165, 1.54) is 19.3 Å². The Hall–Kier alpha value is -1.91. The minimum absolute atomic E-state index is 0.427. The second-order valence-electron chi connectivity index (χ2n) is 5.53. The molecule has 2 heterocycles. The molecule has 2 aromatic heterocycles. The van der Waals surface area contributed by atoms with Gasteiger partial charge < -0.3 is 10.3 Å². The molecule has 0 bridgehead atoms. The fourth-order valence-corrected chi connectivity index (χ4v) is 2.90. The van der Waals surface area contributed by atoms with E-state index in [1.807, 2.05) is 12.1 Å². The fraction of sp³-hybridized carbons (Fsp3) is 0.533. The maximum atomic E-state index is 5.68. The van der Waals surface area contributed by atoms with Gasteiger partial charge in [0.1, 0.15) is 11.5 Å². The van der Waals surface area contributed by atoms with Crippen LogP contribution in [-0.2, 0) is 0 Å². The van der Waals surface area contributed by atoms with Gasteiger partial charge in [-0.25, -0.2) is 4.98 Å². The predicted molar refractivity (Wildman–Crippen MR) is 76.9 cm³/mol. The second-order valence-corrected chi connectivity index (χ2v) is 5.53. The van der Waals surface area contributed by atoms with E-state index in [9.17, 15) is 0 Å². The first-order valence-corrected chi connectivity index (χ1v) is 7.32. The third kappa shape index (κ3) is 2.66. The summed E-state index contributed by atoms with van der Waals surface area (Å²) in [6.45, 7) is 2.27. The summed E-state index contributed by atoms with van der Waals surface area (Å²) in [5.74, 6) is 3.04. The van der Waals surface area contributed by atoms with Gasteiger partial charge >= 0.3 is 0 Å². The van der Waals surface area contributed by atoms with Crippen LogP contribution in [-0.4, -0.2) is 15.1 Å². The van der Waals surface area contributed by atoms with Crippen LogP contribution in [0.15, 0.2) is 22.7 Å². The summed E-state index contributed by atoms with van der Waals surface area (Å²) in [6.07, 6.45) is 6.12. The van der Waals surface area contributed by atoms with E-state index in [1.54, 1.807) is 6.07 Å². The van der Waals surface area contributed by atoms with Gasteiger partial charge in [-0.05, 0) is 43.7 Å². The highest BCUT2D eigenvalue weighted by atomic mass is 16.5. The minimum Gasteiger partial charge on any atom is -0.384 e. The largest absolute Gasteiger partial charge is 0.384 e. The van der Waals surface area contributed by atoms with Crippen LogP contribution in [0, 0.1) is 5.92 Å². The van der Waals surface area contributed by atoms with Gasteiger partial charge in [-0.3, -0.25) is 0 Å². The first-order valence-electron chi connectivity index (χ1n) is 7.32. The number of hydrogen-bond acceptors (Lipinski definition) is 5. The van der Waals surface area contributed by atoms with Crippen LogP contribution < -0.4 is 5.73 Å². The third-order valence-electron chi connectivity index (χ3n) is 4.22. The van der Waals surface area contributed by atoms with Gasteiger partial charge in [0, 0.05) is 5.92 Å². The summed E-state index contributed by atoms with van der Waals surface area (Å²) in [5, 5.41) is 4.13. The van der Waals surface area contributed by atoms with Crippen LogP contribution in [0.5, 0.6) is 0 Å². The number of nitrogens with zero attached hydrogens (tertiary/aromatic N) is 3. The number of aromatic nitrogens is 3. The average molecular weight is 272 g/mol. The number of nitrogens with two attached hydrogens (primary N) is 1. The quantitative estimate of drug-likeness (QED) is 0.926. The summed E-state index contributed by atoms with van der Waals surface area (Å²) in [6, 6.07) is 5.42. The zero-order valence-corrected chi connectivity index (χ0v) is 11.7. The Morgan fingerprint density at radius 3 is 2.70 bits per heavy atom. The average Bonchev–Trinajstić information content (AvgIpc) is 2.97. The molecule has 0 aromatic carbocycles. The summed E-state index contributed by atoms with van der Waals surface area (Å²) >= 11 is 0. The smallest absolute Gasteiger partial charge is 0.276 e. The molecule has 3 rings (SSSR count). The van der Waals surface area contributed by atoms with Gasteiger partial charge in [0.25, 0.3) is 5.89 Å². The van der Waals surface area contributed by atoms with Crippen molar-refractivity contribution in [1.82, 2.24) is 15.1 Å². The highest BCUT2D eigenvalue weighted by molar-refractivity contribution is 5.50. The summed E-state index contributed by atoms with van der Waals surface area (Å²) in [7, 11) is 0. The van der Waals surface area contributed by atoms with Gasteiger partial charge in [-0.15, -0.1) is 0 Å². The van der Waals surface area contributed by atoms with E-state index in [2.05, 4.69) is 22.0 Å². The van der Waals surface area contributed by atoms with Crippen molar-refractivity contribution in [3.05, 3.63) is 24.0 Å². The zero-order valence-electron chi connectivity index (χ0n) is 11.7. The number of pyridine rings is 1. The third-order valence-corrected chi connectivity index (χ3v) is 4.22.